The van der Waals surface area contributed by atoms with Gasteiger partial charge in [-0.3, -0.25) is 0 Å². The molecular formula is C15H18O5. The van der Waals surface area contributed by atoms with E-state index in [9.17, 15) is 15.0 Å². The van der Waals surface area contributed by atoms with Crippen molar-refractivity contribution in [1.82, 2.24) is 0 Å². The van der Waals surface area contributed by atoms with Crippen molar-refractivity contribution < 1.29 is 24.9 Å². The number of aliphatic carboxylic acids is 1. The highest BCUT2D eigenvalue weighted by molar-refractivity contribution is 5.87. The number of aliphatic hydroxyl groups is 2. The number of carboxylic acids is 1. The second-order valence-corrected chi connectivity index (χ2v) is 5.02. The smallest absolute Gasteiger partial charge is 0.331 e. The standard InChI is InChI=1S/C15H18O5/c1-9-3-2-4-10(5-9)8-20-13-7-11(15(18)19)6-12(16)14(13)17/h2-6,12-14,16-17H,7-8H2,1H3,(H,18,19)/t12-,13-,14-/m1/s1. The number of carbonyl (C=O) groups is 1. The molecule has 108 valence electrons. The van der Waals surface area contributed by atoms with Gasteiger partial charge in [0, 0.05) is 12.0 Å². The van der Waals surface area contributed by atoms with Gasteiger partial charge in [0.2, 0.25) is 0 Å². The molecule has 3 N–H and O–H groups in total. The van der Waals surface area contributed by atoms with Gasteiger partial charge in [-0.05, 0) is 18.6 Å². The van der Waals surface area contributed by atoms with Crippen molar-refractivity contribution in [3.63, 3.8) is 0 Å². The quantitative estimate of drug-likeness (QED) is 0.765. The van der Waals surface area contributed by atoms with Crippen molar-refractivity contribution in [2.75, 3.05) is 0 Å². The zero-order valence-corrected chi connectivity index (χ0v) is 11.2. The molecule has 0 heterocycles. The average molecular weight is 278 g/mol. The summed E-state index contributed by atoms with van der Waals surface area (Å²) in [6.07, 6.45) is -1.79. The van der Waals surface area contributed by atoms with E-state index in [1.54, 1.807) is 0 Å². The van der Waals surface area contributed by atoms with Crippen LogP contribution in [0.25, 0.3) is 0 Å². The molecule has 1 aromatic rings. The first kappa shape index (κ1) is 14.7. The first-order valence-corrected chi connectivity index (χ1v) is 6.44. The molecule has 0 amide bonds. The van der Waals surface area contributed by atoms with Crippen LogP contribution in [0.4, 0.5) is 0 Å². The lowest BCUT2D eigenvalue weighted by Crippen LogP contribution is -2.42. The van der Waals surface area contributed by atoms with Crippen molar-refractivity contribution in [2.24, 2.45) is 0 Å². The van der Waals surface area contributed by atoms with Crippen LogP contribution in [0.5, 0.6) is 0 Å². The van der Waals surface area contributed by atoms with E-state index in [0.29, 0.717) is 0 Å². The fourth-order valence-electron chi connectivity index (χ4n) is 2.25. The maximum atomic E-state index is 11.0. The van der Waals surface area contributed by atoms with Gasteiger partial charge in [0.1, 0.15) is 12.2 Å². The second-order valence-electron chi connectivity index (χ2n) is 5.02. The van der Waals surface area contributed by atoms with E-state index >= 15 is 0 Å². The lowest BCUT2D eigenvalue weighted by molar-refractivity contribution is -0.135. The molecule has 0 unspecified atom stereocenters. The second kappa shape index (κ2) is 6.17. The lowest BCUT2D eigenvalue weighted by atomic mass is 9.92. The molecule has 5 heteroatoms. The first-order valence-electron chi connectivity index (χ1n) is 6.44. The van der Waals surface area contributed by atoms with E-state index in [2.05, 4.69) is 0 Å². The van der Waals surface area contributed by atoms with Gasteiger partial charge in [0.15, 0.2) is 0 Å². The van der Waals surface area contributed by atoms with Crippen molar-refractivity contribution in [3.8, 4) is 0 Å². The lowest BCUT2D eigenvalue weighted by Gasteiger charge is -2.30. The van der Waals surface area contributed by atoms with Crippen LogP contribution in [0.1, 0.15) is 17.5 Å². The molecule has 0 spiro atoms. The highest BCUT2D eigenvalue weighted by atomic mass is 16.5. The highest BCUT2D eigenvalue weighted by Crippen LogP contribution is 2.23. The van der Waals surface area contributed by atoms with Gasteiger partial charge < -0.3 is 20.1 Å². The molecule has 0 radical (unpaired) electrons. The summed E-state index contributed by atoms with van der Waals surface area (Å²) in [6, 6.07) is 7.73. The Balaban J connectivity index is 2.02. The minimum atomic E-state index is -1.21. The van der Waals surface area contributed by atoms with Gasteiger partial charge in [-0.2, -0.15) is 0 Å². The number of hydrogen-bond donors (Lipinski definition) is 3. The number of carboxylic acid groups (broad SMARTS) is 1. The first-order chi connectivity index (χ1) is 9.47. The summed E-state index contributed by atoms with van der Waals surface area (Å²) >= 11 is 0. The Labute approximate surface area is 117 Å². The molecule has 3 atom stereocenters. The third-order valence-corrected chi connectivity index (χ3v) is 3.35. The zero-order chi connectivity index (χ0) is 14.7. The van der Waals surface area contributed by atoms with Crippen molar-refractivity contribution in [1.29, 1.82) is 0 Å². The topological polar surface area (TPSA) is 87.0 Å². The number of aryl methyl sites for hydroxylation is 1. The molecule has 2 rings (SSSR count). The highest BCUT2D eigenvalue weighted by Gasteiger charge is 2.33. The molecule has 1 aromatic carbocycles. The summed E-state index contributed by atoms with van der Waals surface area (Å²) in [4.78, 5) is 11.0. The molecule has 5 nitrogen and oxygen atoms in total. The van der Waals surface area contributed by atoms with Gasteiger partial charge in [-0.1, -0.05) is 29.8 Å². The molecule has 0 bridgehead atoms. The third kappa shape index (κ3) is 3.45. The molecule has 0 aromatic heterocycles. The Morgan fingerprint density at radius 1 is 1.40 bits per heavy atom. The summed E-state index contributed by atoms with van der Waals surface area (Å²) in [5, 5.41) is 28.5. The van der Waals surface area contributed by atoms with E-state index in [-0.39, 0.29) is 18.6 Å². The van der Waals surface area contributed by atoms with Gasteiger partial charge in [0.05, 0.1) is 12.7 Å². The van der Waals surface area contributed by atoms with Crippen LogP contribution in [0.2, 0.25) is 0 Å². The van der Waals surface area contributed by atoms with Crippen molar-refractivity contribution in [3.05, 3.63) is 47.0 Å². The Morgan fingerprint density at radius 3 is 2.80 bits per heavy atom. The van der Waals surface area contributed by atoms with Crippen LogP contribution < -0.4 is 0 Å². The summed E-state index contributed by atoms with van der Waals surface area (Å²) in [6.45, 7) is 2.23. The average Bonchev–Trinajstić information content (AvgIpc) is 2.40. The van der Waals surface area contributed by atoms with E-state index < -0.39 is 24.3 Å². The summed E-state index contributed by atoms with van der Waals surface area (Å²) in [5.74, 6) is -1.10. The number of benzene rings is 1. The van der Waals surface area contributed by atoms with Gasteiger partial charge in [0.25, 0.3) is 0 Å². The Kier molecular flexibility index (Phi) is 4.54. The van der Waals surface area contributed by atoms with Crippen LogP contribution in [0.15, 0.2) is 35.9 Å². The Bertz CT molecular complexity index is 523. The predicted octanol–water partition coefficient (Wildman–Crippen LogP) is 1.02. The molecule has 0 saturated heterocycles. The predicted molar refractivity (Wildman–Crippen MR) is 72.1 cm³/mol. The van der Waals surface area contributed by atoms with Crippen LogP contribution in [-0.2, 0) is 16.1 Å². The molecule has 1 aliphatic carbocycles. The summed E-state index contributed by atoms with van der Waals surface area (Å²) < 4.78 is 5.57. The number of aliphatic hydroxyl groups excluding tert-OH is 2. The van der Waals surface area contributed by atoms with Gasteiger partial charge in [-0.15, -0.1) is 0 Å². The molecule has 20 heavy (non-hydrogen) atoms. The van der Waals surface area contributed by atoms with Crippen molar-refractivity contribution >= 4 is 5.97 Å². The molecule has 0 aliphatic heterocycles. The van der Waals surface area contributed by atoms with E-state index in [4.69, 9.17) is 9.84 Å². The van der Waals surface area contributed by atoms with E-state index in [1.165, 1.54) is 6.08 Å². The number of ether oxygens (including phenoxy) is 1. The fourth-order valence-corrected chi connectivity index (χ4v) is 2.25. The largest absolute Gasteiger partial charge is 0.478 e. The maximum absolute atomic E-state index is 11.0. The fraction of sp³-hybridized carbons (Fsp3) is 0.400. The Hall–Kier alpha value is -1.69. The summed E-state index contributed by atoms with van der Waals surface area (Å²) in [7, 11) is 0. The van der Waals surface area contributed by atoms with Gasteiger partial charge in [-0.25, -0.2) is 4.79 Å². The number of rotatable bonds is 4. The van der Waals surface area contributed by atoms with E-state index in [1.807, 2.05) is 31.2 Å². The number of hydrogen-bond acceptors (Lipinski definition) is 4. The van der Waals surface area contributed by atoms with Gasteiger partial charge >= 0.3 is 5.97 Å². The third-order valence-electron chi connectivity index (χ3n) is 3.35. The zero-order valence-electron chi connectivity index (χ0n) is 11.2. The molecule has 0 fully saturated rings. The minimum Gasteiger partial charge on any atom is -0.478 e. The van der Waals surface area contributed by atoms with Crippen molar-refractivity contribution in [2.45, 2.75) is 38.3 Å². The summed E-state index contributed by atoms with van der Waals surface area (Å²) in [5.41, 5.74) is 2.11. The molecule has 1 aliphatic rings. The molecule has 0 saturated carbocycles. The monoisotopic (exact) mass is 278 g/mol. The van der Waals surface area contributed by atoms with Crippen LogP contribution in [0.3, 0.4) is 0 Å². The van der Waals surface area contributed by atoms with Crippen LogP contribution >= 0.6 is 0 Å². The van der Waals surface area contributed by atoms with E-state index in [0.717, 1.165) is 11.1 Å². The molecular weight excluding hydrogens is 260 g/mol. The van der Waals surface area contributed by atoms with Crippen LogP contribution in [0, 0.1) is 6.92 Å². The SMILES string of the molecule is Cc1cccc(CO[C@@H]2CC(C(=O)O)=C[C@@H](O)[C@H]2O)c1. The normalized spacial score (nSPS) is 26.1. The maximum Gasteiger partial charge on any atom is 0.331 e. The minimum absolute atomic E-state index is 0.0667. The Morgan fingerprint density at radius 2 is 2.15 bits per heavy atom. The van der Waals surface area contributed by atoms with Crippen LogP contribution in [-0.4, -0.2) is 39.6 Å².